The fourth-order valence-corrected chi connectivity index (χ4v) is 10.2. The van der Waals surface area contributed by atoms with Crippen LogP contribution < -0.4 is 24.4 Å². The van der Waals surface area contributed by atoms with E-state index in [-0.39, 0.29) is 77.2 Å². The van der Waals surface area contributed by atoms with Gasteiger partial charge in [-0.1, -0.05) is 60.1 Å². The molecule has 2 aliphatic carbocycles. The van der Waals surface area contributed by atoms with Crippen molar-refractivity contribution >= 4 is 47.7 Å². The molecule has 4 aromatic carbocycles. The second kappa shape index (κ2) is 18.9. The van der Waals surface area contributed by atoms with Crippen LogP contribution in [0.25, 0.3) is 11.3 Å². The van der Waals surface area contributed by atoms with E-state index in [9.17, 15) is 36.7 Å². The molecular formula is C58H50BClF4N2O12. The molecule has 14 nitrogen and oxygen atoms in total. The lowest BCUT2D eigenvalue weighted by Crippen LogP contribution is -2.41. The van der Waals surface area contributed by atoms with Crippen molar-refractivity contribution in [2.45, 2.75) is 128 Å². The van der Waals surface area contributed by atoms with E-state index in [0.717, 1.165) is 33.3 Å². The Labute approximate surface area is 450 Å². The van der Waals surface area contributed by atoms with E-state index in [1.807, 2.05) is 90.1 Å². The van der Waals surface area contributed by atoms with E-state index in [1.165, 1.54) is 24.3 Å². The van der Waals surface area contributed by atoms with Gasteiger partial charge in [-0.2, -0.15) is 0 Å². The van der Waals surface area contributed by atoms with Crippen LogP contribution in [0, 0.1) is 13.8 Å². The minimum absolute atomic E-state index is 0.00875. The zero-order valence-electron chi connectivity index (χ0n) is 43.2. The number of ether oxygens (including phenoxy) is 6. The van der Waals surface area contributed by atoms with Gasteiger partial charge in [0.15, 0.2) is 23.0 Å². The van der Waals surface area contributed by atoms with Crippen molar-refractivity contribution in [2.75, 3.05) is 0 Å². The van der Waals surface area contributed by atoms with Crippen molar-refractivity contribution in [3.05, 3.63) is 158 Å². The summed E-state index contributed by atoms with van der Waals surface area (Å²) in [6.45, 7) is 12.4. The first-order chi connectivity index (χ1) is 36.8. The summed E-state index contributed by atoms with van der Waals surface area (Å²) in [6.07, 6.45) is -4.51. The molecule has 20 heteroatoms. The Balaban J connectivity index is 0.000000130. The zero-order valence-corrected chi connectivity index (χ0v) is 43.9. The molecule has 7 aliphatic rings. The molecule has 0 radical (unpaired) electrons. The molecule has 3 fully saturated rings. The lowest BCUT2D eigenvalue weighted by atomic mass is 9.78. The number of nitrogens with zero attached hydrogens (tertiary/aromatic N) is 2. The first kappa shape index (κ1) is 52.7. The Kier molecular flexibility index (Phi) is 12.8. The molecule has 0 spiro atoms. The van der Waals surface area contributed by atoms with Gasteiger partial charge in [0.2, 0.25) is 0 Å². The number of benzene rings is 4. The number of alkyl halides is 4. The fourth-order valence-electron chi connectivity index (χ4n) is 9.98. The number of carbonyl (C=O) groups excluding carboxylic acids is 4. The third-order valence-corrected chi connectivity index (χ3v) is 16.0. The number of carbonyl (C=O) groups is 4. The fraction of sp³-hybridized carbons (Fsp3) is 0.345. The number of halogens is 5. The molecule has 13 rings (SSSR count). The molecule has 2 saturated carbocycles. The molecule has 0 bridgehead atoms. The standard InChI is InChI=1S/C26H19F2NO5.C18H14ClF2NO3.C14H17BO4/c1-14-2-6-18(29-23(14)15-3-4-16-13-32-24(31)19(16)10-15)12-22(30)25(8-9-25)17-5-7-20-21(11-17)34-26(27,28)33-20;1-10-2-4-12(22-16(10)19)9-15(23)17(6-7-17)11-3-5-13-14(8-11)25-18(20,21)24-13;1-13(2)14(3,4)19-15(18-13)10-6-5-9-8-17-12(16)11(9)7-10/h2-7,10-11H,8-9,12-13H2,1H3;2-5,8H,6-7,9H2,1H3;5-7H,8H2,1-4H3. The molecule has 0 N–H and O–H groups in total. The van der Waals surface area contributed by atoms with Gasteiger partial charge in [0, 0.05) is 40.9 Å². The van der Waals surface area contributed by atoms with E-state index in [2.05, 4.69) is 23.9 Å². The maximum atomic E-state index is 13.4. The van der Waals surface area contributed by atoms with Crippen LogP contribution in [0.5, 0.6) is 23.0 Å². The highest BCUT2D eigenvalue weighted by Crippen LogP contribution is 2.54. The van der Waals surface area contributed by atoms with Gasteiger partial charge in [-0.3, -0.25) is 14.6 Å². The minimum atomic E-state index is -3.70. The van der Waals surface area contributed by atoms with Crippen molar-refractivity contribution < 1.29 is 74.5 Å². The monoisotopic (exact) mass is 1090 g/mol. The third-order valence-electron chi connectivity index (χ3n) is 15.6. The summed E-state index contributed by atoms with van der Waals surface area (Å²) in [4.78, 5) is 58.6. The van der Waals surface area contributed by atoms with Crippen molar-refractivity contribution in [1.29, 1.82) is 0 Å². The molecule has 0 amide bonds. The SMILES string of the molecule is CC1(C)OB(c2ccc3c(c2)C(=O)OC3)OC1(C)C.Cc1ccc(CC(=O)C2(c3ccc4c(c3)OC(F)(F)O4)CC2)nc1-c1ccc2c(c1)C(=O)OC2.Cc1ccc(CC(=O)C2(c3ccc4c(c3)OC(F)(F)O4)CC2)nc1Cl. The summed E-state index contributed by atoms with van der Waals surface area (Å²) in [5.74, 6) is -0.829. The molecular weight excluding hydrogens is 1040 g/mol. The smallest absolute Gasteiger partial charge is 0.457 e. The number of cyclic esters (lactones) is 2. The molecule has 5 aliphatic heterocycles. The van der Waals surface area contributed by atoms with Crippen LogP contribution in [0.2, 0.25) is 5.15 Å². The molecule has 2 aromatic heterocycles. The number of rotatable bonds is 10. The van der Waals surface area contributed by atoms with Gasteiger partial charge in [-0.25, -0.2) is 14.6 Å². The van der Waals surface area contributed by atoms with Gasteiger partial charge in [0.05, 0.1) is 38.9 Å². The van der Waals surface area contributed by atoms with Gasteiger partial charge in [0.1, 0.15) is 29.9 Å². The summed E-state index contributed by atoms with van der Waals surface area (Å²) in [7, 11) is -0.441. The number of pyridine rings is 2. The average molecular weight is 1090 g/mol. The van der Waals surface area contributed by atoms with Crippen LogP contribution in [0.15, 0.2) is 97.1 Å². The van der Waals surface area contributed by atoms with E-state index in [0.29, 0.717) is 76.8 Å². The lowest BCUT2D eigenvalue weighted by molar-refractivity contribution is -0.287. The summed E-state index contributed by atoms with van der Waals surface area (Å²) in [6, 6.07) is 27.5. The highest BCUT2D eigenvalue weighted by molar-refractivity contribution is 6.62. The molecule has 78 heavy (non-hydrogen) atoms. The highest BCUT2D eigenvalue weighted by atomic mass is 35.5. The van der Waals surface area contributed by atoms with Crippen LogP contribution >= 0.6 is 11.6 Å². The number of fused-ring (bicyclic) bond motifs is 4. The van der Waals surface area contributed by atoms with Gasteiger partial charge >= 0.3 is 31.6 Å². The first-order valence-corrected chi connectivity index (χ1v) is 25.6. The Hall–Kier alpha value is -7.35. The summed E-state index contributed by atoms with van der Waals surface area (Å²) in [5, 5.41) is 0.375. The molecule has 402 valence electrons. The molecule has 0 atom stereocenters. The van der Waals surface area contributed by atoms with E-state index >= 15 is 0 Å². The zero-order chi connectivity index (χ0) is 55.3. The Bertz CT molecular complexity index is 3490. The number of hydrogen-bond donors (Lipinski definition) is 0. The third kappa shape index (κ3) is 9.96. The maximum Gasteiger partial charge on any atom is 0.586 e. The molecule has 6 aromatic rings. The Morgan fingerprint density at radius 2 is 1.03 bits per heavy atom. The van der Waals surface area contributed by atoms with Crippen LogP contribution in [0.3, 0.4) is 0 Å². The maximum absolute atomic E-state index is 13.4. The number of aryl methyl sites for hydroxylation is 2. The second-order valence-electron chi connectivity index (χ2n) is 21.4. The van der Waals surface area contributed by atoms with Gasteiger partial charge in [0.25, 0.3) is 0 Å². The number of esters is 2. The van der Waals surface area contributed by atoms with E-state index < -0.39 is 30.5 Å². The van der Waals surface area contributed by atoms with E-state index in [4.69, 9.17) is 35.4 Å². The predicted octanol–water partition coefficient (Wildman–Crippen LogP) is 10.8. The van der Waals surface area contributed by atoms with Crippen molar-refractivity contribution in [3.8, 4) is 34.3 Å². The molecule has 0 unspecified atom stereocenters. The van der Waals surface area contributed by atoms with Crippen molar-refractivity contribution in [3.63, 3.8) is 0 Å². The summed E-state index contributed by atoms with van der Waals surface area (Å²) < 4.78 is 93.0. The van der Waals surface area contributed by atoms with Crippen molar-refractivity contribution in [1.82, 2.24) is 9.97 Å². The topological polar surface area (TPSA) is 168 Å². The summed E-state index contributed by atoms with van der Waals surface area (Å²) in [5.41, 5.74) is 7.35. The highest BCUT2D eigenvalue weighted by Gasteiger charge is 2.55. The largest absolute Gasteiger partial charge is 0.586 e. The number of Topliss-reactive ketones (excluding diaryl/α,β-unsaturated/α-hetero) is 2. The van der Waals surface area contributed by atoms with Crippen LogP contribution in [0.4, 0.5) is 17.6 Å². The van der Waals surface area contributed by atoms with Crippen LogP contribution in [-0.2, 0) is 65.3 Å². The molecule has 1 saturated heterocycles. The predicted molar refractivity (Wildman–Crippen MR) is 273 cm³/mol. The Morgan fingerprint density at radius 3 is 1.53 bits per heavy atom. The van der Waals surface area contributed by atoms with Crippen molar-refractivity contribution in [2.24, 2.45) is 0 Å². The van der Waals surface area contributed by atoms with Crippen LogP contribution in [-0.4, -0.2) is 64.4 Å². The average Bonchev–Trinajstić information content (AvgIpc) is 4.42. The van der Waals surface area contributed by atoms with E-state index in [1.54, 1.807) is 24.3 Å². The molecule has 7 heterocycles. The number of aromatic nitrogens is 2. The first-order valence-electron chi connectivity index (χ1n) is 25.3. The van der Waals surface area contributed by atoms with Gasteiger partial charge in [-0.15, -0.1) is 17.6 Å². The van der Waals surface area contributed by atoms with Gasteiger partial charge < -0.3 is 37.7 Å². The minimum Gasteiger partial charge on any atom is -0.457 e. The number of hydrogen-bond acceptors (Lipinski definition) is 14. The lowest BCUT2D eigenvalue weighted by Gasteiger charge is -2.32. The van der Waals surface area contributed by atoms with Crippen LogP contribution in [0.1, 0.15) is 119 Å². The number of ketones is 2. The Morgan fingerprint density at radius 1 is 0.564 bits per heavy atom. The quantitative estimate of drug-likeness (QED) is 0.0550. The normalized spacial score (nSPS) is 19.8. The second-order valence-corrected chi connectivity index (χ2v) is 21.8. The summed E-state index contributed by atoms with van der Waals surface area (Å²) >= 11 is 6.01. The van der Waals surface area contributed by atoms with Gasteiger partial charge in [-0.05, 0) is 143 Å².